The minimum atomic E-state index is -0.883. The highest BCUT2D eigenvalue weighted by Crippen LogP contribution is 2.08. The maximum Gasteiger partial charge on any atom is 0.408 e. The Morgan fingerprint density at radius 1 is 1.14 bits per heavy atom. The van der Waals surface area contributed by atoms with Crippen LogP contribution in [0.2, 0.25) is 0 Å². The van der Waals surface area contributed by atoms with E-state index in [1.807, 2.05) is 36.4 Å². The first-order chi connectivity index (χ1) is 13.4. The van der Waals surface area contributed by atoms with E-state index in [0.29, 0.717) is 6.42 Å². The third-order valence-electron chi connectivity index (χ3n) is 4.02. The lowest BCUT2D eigenvalue weighted by atomic mass is 10.0. The second-order valence-corrected chi connectivity index (χ2v) is 6.56. The number of esters is 1. The average Bonchev–Trinajstić information content (AvgIpc) is 2.69. The van der Waals surface area contributed by atoms with Gasteiger partial charge in [0.05, 0.1) is 13.2 Å². The molecule has 0 bridgehead atoms. The second kappa shape index (κ2) is 12.3. The summed E-state index contributed by atoms with van der Waals surface area (Å²) in [6.45, 7) is 3.62. The van der Waals surface area contributed by atoms with E-state index in [9.17, 15) is 14.4 Å². The molecule has 2 N–H and O–H groups in total. The molecule has 0 unspecified atom stereocenters. The van der Waals surface area contributed by atoms with Crippen LogP contribution in [0, 0.1) is 17.2 Å². The molecule has 0 radical (unpaired) electrons. The number of hydrogen-bond acceptors (Lipinski definition) is 6. The van der Waals surface area contributed by atoms with Gasteiger partial charge in [-0.15, -0.1) is 0 Å². The van der Waals surface area contributed by atoms with Gasteiger partial charge in [0.1, 0.15) is 18.7 Å². The van der Waals surface area contributed by atoms with Crippen molar-refractivity contribution in [2.24, 2.45) is 5.92 Å². The van der Waals surface area contributed by atoms with Gasteiger partial charge in [0, 0.05) is 6.42 Å². The van der Waals surface area contributed by atoms with Crippen LogP contribution in [0.4, 0.5) is 4.79 Å². The van der Waals surface area contributed by atoms with Crippen LogP contribution >= 0.6 is 0 Å². The van der Waals surface area contributed by atoms with Crippen LogP contribution in [0.25, 0.3) is 0 Å². The number of nitrogens with one attached hydrogen (secondary N) is 2. The van der Waals surface area contributed by atoms with Crippen LogP contribution in [0.3, 0.4) is 0 Å². The number of methoxy groups -OCH3 is 1. The van der Waals surface area contributed by atoms with Gasteiger partial charge in [-0.3, -0.25) is 4.79 Å². The topological polar surface area (TPSA) is 118 Å². The Labute approximate surface area is 165 Å². The van der Waals surface area contributed by atoms with Crippen LogP contribution in [0.5, 0.6) is 0 Å². The first kappa shape index (κ1) is 23.0. The van der Waals surface area contributed by atoms with E-state index in [1.165, 1.54) is 7.11 Å². The fourth-order valence-electron chi connectivity index (χ4n) is 2.46. The van der Waals surface area contributed by atoms with Crippen molar-refractivity contribution in [3.63, 3.8) is 0 Å². The van der Waals surface area contributed by atoms with Crippen LogP contribution in [-0.4, -0.2) is 37.2 Å². The minimum Gasteiger partial charge on any atom is -0.467 e. The number of ether oxygens (including phenoxy) is 2. The number of amides is 2. The van der Waals surface area contributed by atoms with Crippen molar-refractivity contribution in [3.05, 3.63) is 35.9 Å². The molecule has 0 heterocycles. The molecule has 1 rings (SSSR count). The van der Waals surface area contributed by atoms with Gasteiger partial charge in [-0.25, -0.2) is 9.59 Å². The summed E-state index contributed by atoms with van der Waals surface area (Å²) in [6, 6.07) is 9.39. The van der Waals surface area contributed by atoms with Gasteiger partial charge in [0.15, 0.2) is 0 Å². The summed E-state index contributed by atoms with van der Waals surface area (Å²) in [5.74, 6) is -1.35. The Bertz CT molecular complexity index is 685. The van der Waals surface area contributed by atoms with E-state index in [-0.39, 0.29) is 25.4 Å². The zero-order valence-electron chi connectivity index (χ0n) is 16.4. The summed E-state index contributed by atoms with van der Waals surface area (Å²) in [6.07, 6.45) is 0.253. The molecule has 0 aliphatic carbocycles. The molecular formula is C20H27N3O5. The van der Waals surface area contributed by atoms with Crippen LogP contribution in [0.15, 0.2) is 30.3 Å². The molecule has 1 aromatic carbocycles. The number of rotatable bonds is 10. The lowest BCUT2D eigenvalue weighted by molar-refractivity contribution is -0.145. The third kappa shape index (κ3) is 8.08. The molecule has 8 nitrogen and oxygen atoms in total. The highest BCUT2D eigenvalue weighted by atomic mass is 16.5. The smallest absolute Gasteiger partial charge is 0.408 e. The van der Waals surface area contributed by atoms with Gasteiger partial charge >= 0.3 is 12.1 Å². The number of nitrogens with zero attached hydrogens (tertiary/aromatic N) is 1. The molecule has 0 saturated carbocycles. The zero-order valence-corrected chi connectivity index (χ0v) is 16.4. The SMILES string of the molecule is COC(=O)[C@@H](CCCC#N)NC(=O)[C@@H](NC(=O)OCc1ccccc1)C(C)C. The fourth-order valence-corrected chi connectivity index (χ4v) is 2.46. The van der Waals surface area contributed by atoms with E-state index in [4.69, 9.17) is 14.7 Å². The van der Waals surface area contributed by atoms with E-state index in [2.05, 4.69) is 10.6 Å². The number of nitriles is 1. The summed E-state index contributed by atoms with van der Waals surface area (Å²) in [7, 11) is 1.23. The Hall–Kier alpha value is -3.08. The summed E-state index contributed by atoms with van der Waals surface area (Å²) in [4.78, 5) is 36.6. The van der Waals surface area contributed by atoms with Crippen molar-refractivity contribution in [2.75, 3.05) is 7.11 Å². The lowest BCUT2D eigenvalue weighted by Gasteiger charge is -2.24. The Morgan fingerprint density at radius 3 is 2.39 bits per heavy atom. The number of hydrogen-bond donors (Lipinski definition) is 2. The van der Waals surface area contributed by atoms with Gasteiger partial charge in [0.25, 0.3) is 0 Å². The summed E-state index contributed by atoms with van der Waals surface area (Å²) < 4.78 is 9.86. The Balaban J connectivity index is 2.66. The van der Waals surface area contributed by atoms with Gasteiger partial charge in [-0.1, -0.05) is 44.2 Å². The number of benzene rings is 1. The molecule has 2 amide bonds. The largest absolute Gasteiger partial charge is 0.467 e. The fraction of sp³-hybridized carbons (Fsp3) is 0.500. The monoisotopic (exact) mass is 389 g/mol. The molecule has 0 fully saturated rings. The van der Waals surface area contributed by atoms with E-state index in [0.717, 1.165) is 5.56 Å². The molecule has 0 aliphatic heterocycles. The van der Waals surface area contributed by atoms with E-state index in [1.54, 1.807) is 13.8 Å². The van der Waals surface area contributed by atoms with Gasteiger partial charge < -0.3 is 20.1 Å². The first-order valence-corrected chi connectivity index (χ1v) is 9.11. The van der Waals surface area contributed by atoms with Crippen molar-refractivity contribution in [1.82, 2.24) is 10.6 Å². The van der Waals surface area contributed by atoms with Crippen molar-refractivity contribution in [1.29, 1.82) is 5.26 Å². The highest BCUT2D eigenvalue weighted by molar-refractivity contribution is 5.89. The van der Waals surface area contributed by atoms with Crippen molar-refractivity contribution in [2.45, 2.75) is 51.8 Å². The second-order valence-electron chi connectivity index (χ2n) is 6.56. The summed E-state index contributed by atoms with van der Waals surface area (Å²) in [5.41, 5.74) is 0.825. The van der Waals surface area contributed by atoms with Crippen molar-refractivity contribution in [3.8, 4) is 6.07 Å². The molecular weight excluding hydrogens is 362 g/mol. The number of carbonyl (C=O) groups excluding carboxylic acids is 3. The molecule has 0 saturated heterocycles. The Kier molecular flexibility index (Phi) is 10.1. The molecule has 0 aliphatic rings. The molecule has 28 heavy (non-hydrogen) atoms. The predicted molar refractivity (Wildman–Crippen MR) is 102 cm³/mol. The number of unbranched alkanes of at least 4 members (excludes halogenated alkanes) is 1. The quantitative estimate of drug-likeness (QED) is 0.468. The highest BCUT2D eigenvalue weighted by Gasteiger charge is 2.29. The Morgan fingerprint density at radius 2 is 1.82 bits per heavy atom. The third-order valence-corrected chi connectivity index (χ3v) is 4.02. The molecule has 0 aromatic heterocycles. The van der Waals surface area contributed by atoms with Gasteiger partial charge in [-0.05, 0) is 24.3 Å². The lowest BCUT2D eigenvalue weighted by Crippen LogP contribution is -2.53. The standard InChI is InChI=1S/C20H27N3O5/c1-14(2)17(23-20(26)28-13-15-9-5-4-6-10-15)18(24)22-16(19(25)27-3)11-7-8-12-21/h4-6,9-10,14,16-17H,7-8,11,13H2,1-3H3,(H,22,24)(H,23,26)/t16-,17+/m1/s1. The van der Waals surface area contributed by atoms with Gasteiger partial charge in [0.2, 0.25) is 5.91 Å². The predicted octanol–water partition coefficient (Wildman–Crippen LogP) is 2.29. The summed E-state index contributed by atoms with van der Waals surface area (Å²) in [5, 5.41) is 13.8. The molecule has 152 valence electrons. The first-order valence-electron chi connectivity index (χ1n) is 9.11. The van der Waals surface area contributed by atoms with E-state index >= 15 is 0 Å². The van der Waals surface area contributed by atoms with Crippen LogP contribution in [-0.2, 0) is 25.7 Å². The molecule has 8 heteroatoms. The van der Waals surface area contributed by atoms with Crippen LogP contribution < -0.4 is 10.6 Å². The maximum absolute atomic E-state index is 12.6. The molecule has 2 atom stereocenters. The normalized spacial score (nSPS) is 12.4. The van der Waals surface area contributed by atoms with Crippen molar-refractivity contribution >= 4 is 18.0 Å². The zero-order chi connectivity index (χ0) is 20.9. The number of alkyl carbamates (subject to hydrolysis) is 1. The average molecular weight is 389 g/mol. The van der Waals surface area contributed by atoms with E-state index < -0.39 is 30.1 Å². The minimum absolute atomic E-state index is 0.0814. The molecule has 1 aromatic rings. The maximum atomic E-state index is 12.6. The van der Waals surface area contributed by atoms with Crippen molar-refractivity contribution < 1.29 is 23.9 Å². The number of carbonyl (C=O) groups is 3. The summed E-state index contributed by atoms with van der Waals surface area (Å²) >= 11 is 0. The van der Waals surface area contributed by atoms with Gasteiger partial charge in [-0.2, -0.15) is 5.26 Å². The molecule has 0 spiro atoms. The van der Waals surface area contributed by atoms with Crippen LogP contribution in [0.1, 0.15) is 38.7 Å².